The van der Waals surface area contributed by atoms with Crippen LogP contribution in [0, 0.1) is 0 Å². The molecule has 0 saturated heterocycles. The Labute approximate surface area is 70.5 Å². The maximum Gasteiger partial charge on any atom is 0.181 e. The van der Waals surface area contributed by atoms with Crippen LogP contribution in [0.4, 0.5) is 0 Å². The van der Waals surface area contributed by atoms with Gasteiger partial charge in [0.25, 0.3) is 0 Å². The second kappa shape index (κ2) is 2.48. The van der Waals surface area contributed by atoms with E-state index in [0.29, 0.717) is 0 Å². The lowest BCUT2D eigenvalue weighted by Crippen LogP contribution is -1.76. The largest absolute Gasteiger partial charge is 0.443 e. The molecule has 0 aliphatic carbocycles. The molecular formula is C10H9NO. The Bertz CT molecular complexity index is 428. The lowest BCUT2D eigenvalue weighted by atomic mass is 10.1. The van der Waals surface area contributed by atoms with E-state index in [9.17, 15) is 0 Å². The van der Waals surface area contributed by atoms with Gasteiger partial charge in [-0.25, -0.2) is 4.98 Å². The number of hydrogen-bond acceptors (Lipinski definition) is 2. The number of fused-ring (bicyclic) bond motifs is 1. The van der Waals surface area contributed by atoms with Gasteiger partial charge in [0.05, 0.1) is 0 Å². The van der Waals surface area contributed by atoms with Crippen LogP contribution in [0.1, 0.15) is 12.5 Å². The van der Waals surface area contributed by atoms with Gasteiger partial charge in [-0.15, -0.1) is 0 Å². The molecule has 0 atom stereocenters. The minimum absolute atomic E-state index is 0.815. The molecule has 0 bridgehead atoms. The molecule has 0 N–H and O–H groups in total. The summed E-state index contributed by atoms with van der Waals surface area (Å²) in [5.41, 5.74) is 3.84. The molecule has 0 spiro atoms. The van der Waals surface area contributed by atoms with Crippen molar-refractivity contribution in [1.82, 2.24) is 4.98 Å². The monoisotopic (exact) mass is 159 g/mol. The normalized spacial score (nSPS) is 10.4. The van der Waals surface area contributed by atoms with Gasteiger partial charge in [0, 0.05) is 0 Å². The summed E-state index contributed by atoms with van der Waals surface area (Å²) in [6.45, 7) is 5.82. The average molecular weight is 159 g/mol. The van der Waals surface area contributed by atoms with Gasteiger partial charge in [0.1, 0.15) is 5.52 Å². The van der Waals surface area contributed by atoms with Crippen molar-refractivity contribution in [3.05, 3.63) is 36.7 Å². The number of oxazole rings is 1. The molecule has 1 aromatic heterocycles. The summed E-state index contributed by atoms with van der Waals surface area (Å²) in [5, 5.41) is 0. The van der Waals surface area contributed by atoms with Crippen molar-refractivity contribution in [2.24, 2.45) is 0 Å². The van der Waals surface area contributed by atoms with E-state index < -0.39 is 0 Å². The Balaban J connectivity index is 2.68. The Kier molecular flexibility index (Phi) is 1.47. The summed E-state index contributed by atoms with van der Waals surface area (Å²) in [5.74, 6) is 0. The summed E-state index contributed by atoms with van der Waals surface area (Å²) >= 11 is 0. The molecule has 0 unspecified atom stereocenters. The molecule has 2 aromatic rings. The van der Waals surface area contributed by atoms with Crippen molar-refractivity contribution in [3.63, 3.8) is 0 Å². The van der Waals surface area contributed by atoms with E-state index in [1.807, 2.05) is 25.1 Å². The summed E-state index contributed by atoms with van der Waals surface area (Å²) in [6.07, 6.45) is 1.45. The molecular weight excluding hydrogens is 150 g/mol. The number of rotatable bonds is 1. The zero-order chi connectivity index (χ0) is 8.55. The summed E-state index contributed by atoms with van der Waals surface area (Å²) in [7, 11) is 0. The molecule has 0 amide bonds. The Morgan fingerprint density at radius 3 is 3.08 bits per heavy atom. The zero-order valence-electron chi connectivity index (χ0n) is 6.87. The standard InChI is InChI=1S/C10H9NO/c1-7(2)8-3-4-9-10(5-8)12-6-11-9/h3-6H,1H2,2H3. The highest BCUT2D eigenvalue weighted by molar-refractivity contribution is 5.77. The van der Waals surface area contributed by atoms with Crippen LogP contribution < -0.4 is 0 Å². The molecule has 0 fully saturated rings. The Hall–Kier alpha value is -1.57. The maximum atomic E-state index is 5.16. The predicted molar refractivity (Wildman–Crippen MR) is 48.7 cm³/mol. The van der Waals surface area contributed by atoms with Gasteiger partial charge in [-0.3, -0.25) is 0 Å². The molecule has 0 saturated carbocycles. The van der Waals surface area contributed by atoms with Crippen LogP contribution in [-0.4, -0.2) is 4.98 Å². The van der Waals surface area contributed by atoms with Crippen molar-refractivity contribution in [2.45, 2.75) is 6.92 Å². The molecule has 1 aromatic carbocycles. The second-order valence-electron chi connectivity index (χ2n) is 2.82. The van der Waals surface area contributed by atoms with Crippen LogP contribution in [0.5, 0.6) is 0 Å². The quantitative estimate of drug-likeness (QED) is 0.639. The smallest absolute Gasteiger partial charge is 0.181 e. The van der Waals surface area contributed by atoms with Crippen molar-refractivity contribution < 1.29 is 4.42 Å². The molecule has 2 nitrogen and oxygen atoms in total. The number of benzene rings is 1. The molecule has 2 rings (SSSR count). The lowest BCUT2D eigenvalue weighted by Gasteiger charge is -1.96. The Morgan fingerprint density at radius 2 is 2.33 bits per heavy atom. The molecule has 0 radical (unpaired) electrons. The van der Waals surface area contributed by atoms with E-state index in [0.717, 1.165) is 22.2 Å². The van der Waals surface area contributed by atoms with Crippen LogP contribution in [0.15, 0.2) is 35.6 Å². The van der Waals surface area contributed by atoms with E-state index in [1.54, 1.807) is 0 Å². The highest BCUT2D eigenvalue weighted by Crippen LogP contribution is 2.18. The average Bonchev–Trinajstić information content (AvgIpc) is 2.49. The lowest BCUT2D eigenvalue weighted by molar-refractivity contribution is 0.602. The minimum atomic E-state index is 0.815. The summed E-state index contributed by atoms with van der Waals surface area (Å²) in [4.78, 5) is 4.02. The van der Waals surface area contributed by atoms with Crippen LogP contribution >= 0.6 is 0 Å². The fourth-order valence-corrected chi connectivity index (χ4v) is 1.12. The summed E-state index contributed by atoms with van der Waals surface area (Å²) < 4.78 is 5.16. The van der Waals surface area contributed by atoms with Crippen LogP contribution in [0.3, 0.4) is 0 Å². The van der Waals surface area contributed by atoms with Crippen molar-refractivity contribution in [3.8, 4) is 0 Å². The van der Waals surface area contributed by atoms with E-state index >= 15 is 0 Å². The molecule has 0 aliphatic rings. The first-order valence-corrected chi connectivity index (χ1v) is 3.76. The highest BCUT2D eigenvalue weighted by atomic mass is 16.3. The third-order valence-electron chi connectivity index (χ3n) is 1.82. The number of allylic oxidation sites excluding steroid dienone is 1. The first-order valence-electron chi connectivity index (χ1n) is 3.76. The van der Waals surface area contributed by atoms with Gasteiger partial charge in [0.2, 0.25) is 0 Å². The van der Waals surface area contributed by atoms with Crippen molar-refractivity contribution in [2.75, 3.05) is 0 Å². The fraction of sp³-hybridized carbons (Fsp3) is 0.100. The van der Waals surface area contributed by atoms with Crippen LogP contribution in [0.25, 0.3) is 16.7 Å². The predicted octanol–water partition coefficient (Wildman–Crippen LogP) is 2.86. The number of hydrogen-bond donors (Lipinski definition) is 0. The van der Waals surface area contributed by atoms with Crippen molar-refractivity contribution in [1.29, 1.82) is 0 Å². The molecule has 60 valence electrons. The molecule has 2 heteroatoms. The third-order valence-corrected chi connectivity index (χ3v) is 1.82. The van der Waals surface area contributed by atoms with E-state index in [-0.39, 0.29) is 0 Å². The molecule has 1 heterocycles. The van der Waals surface area contributed by atoms with Crippen molar-refractivity contribution >= 4 is 16.7 Å². The van der Waals surface area contributed by atoms with Gasteiger partial charge >= 0.3 is 0 Å². The fourth-order valence-electron chi connectivity index (χ4n) is 1.12. The third kappa shape index (κ3) is 1.01. The van der Waals surface area contributed by atoms with Gasteiger partial charge in [-0.05, 0) is 24.6 Å². The number of nitrogens with zero attached hydrogens (tertiary/aromatic N) is 1. The first kappa shape index (κ1) is 7.10. The van der Waals surface area contributed by atoms with E-state index in [4.69, 9.17) is 4.42 Å². The van der Waals surface area contributed by atoms with Gasteiger partial charge in [-0.1, -0.05) is 18.2 Å². The SMILES string of the molecule is C=C(C)c1ccc2ncoc2c1. The van der Waals surface area contributed by atoms with E-state index in [1.165, 1.54) is 6.39 Å². The first-order chi connectivity index (χ1) is 5.77. The maximum absolute atomic E-state index is 5.16. The topological polar surface area (TPSA) is 26.0 Å². The Morgan fingerprint density at radius 1 is 1.50 bits per heavy atom. The van der Waals surface area contributed by atoms with Gasteiger partial charge < -0.3 is 4.42 Å². The number of aromatic nitrogens is 1. The molecule has 0 aliphatic heterocycles. The highest BCUT2D eigenvalue weighted by Gasteiger charge is 1.99. The molecule has 12 heavy (non-hydrogen) atoms. The zero-order valence-corrected chi connectivity index (χ0v) is 6.87. The van der Waals surface area contributed by atoms with E-state index in [2.05, 4.69) is 11.6 Å². The van der Waals surface area contributed by atoms with Gasteiger partial charge in [0.15, 0.2) is 12.0 Å². The van der Waals surface area contributed by atoms with Crippen LogP contribution in [0.2, 0.25) is 0 Å². The van der Waals surface area contributed by atoms with Gasteiger partial charge in [-0.2, -0.15) is 0 Å². The second-order valence-corrected chi connectivity index (χ2v) is 2.82. The minimum Gasteiger partial charge on any atom is -0.443 e. The summed E-state index contributed by atoms with van der Waals surface area (Å²) in [6, 6.07) is 5.88. The van der Waals surface area contributed by atoms with Crippen LogP contribution in [-0.2, 0) is 0 Å².